The Morgan fingerprint density at radius 3 is 2.40 bits per heavy atom. The Bertz CT molecular complexity index is 511. The van der Waals surface area contributed by atoms with Gasteiger partial charge in [0.2, 0.25) is 0 Å². The smallest absolute Gasteiger partial charge is 0.0175 e. The molecular formula is C17H22BrNS. The molecule has 1 aromatic carbocycles. The lowest BCUT2D eigenvalue weighted by Gasteiger charge is -2.25. The van der Waals surface area contributed by atoms with Crippen LogP contribution in [0.5, 0.6) is 0 Å². The van der Waals surface area contributed by atoms with Gasteiger partial charge in [0, 0.05) is 22.5 Å². The van der Waals surface area contributed by atoms with Crippen LogP contribution in [0.1, 0.15) is 37.8 Å². The van der Waals surface area contributed by atoms with Crippen molar-refractivity contribution in [3.63, 3.8) is 0 Å². The maximum Gasteiger partial charge on any atom is 0.0175 e. The summed E-state index contributed by atoms with van der Waals surface area (Å²) in [5, 5.41) is 8.05. The molecule has 1 atom stereocenters. The van der Waals surface area contributed by atoms with Crippen LogP contribution in [0.4, 0.5) is 0 Å². The van der Waals surface area contributed by atoms with Crippen LogP contribution >= 0.6 is 27.3 Å². The third-order valence-corrected chi connectivity index (χ3v) is 4.54. The molecule has 0 spiro atoms. The summed E-state index contributed by atoms with van der Waals surface area (Å²) >= 11 is 5.29. The molecule has 1 aromatic heterocycles. The van der Waals surface area contributed by atoms with E-state index in [1.54, 1.807) is 11.3 Å². The van der Waals surface area contributed by atoms with Gasteiger partial charge >= 0.3 is 0 Å². The number of rotatable bonds is 5. The summed E-state index contributed by atoms with van der Waals surface area (Å²) < 4.78 is 1.14. The van der Waals surface area contributed by atoms with E-state index in [0.29, 0.717) is 5.92 Å². The first-order chi connectivity index (χ1) is 9.44. The average molecular weight is 352 g/mol. The molecule has 0 aliphatic heterocycles. The van der Waals surface area contributed by atoms with Crippen LogP contribution in [0.15, 0.2) is 45.6 Å². The largest absolute Gasteiger partial charge is 0.311 e. The van der Waals surface area contributed by atoms with Gasteiger partial charge in [-0.15, -0.1) is 0 Å². The molecule has 1 heterocycles. The lowest BCUT2D eigenvalue weighted by atomic mass is 9.92. The first kappa shape index (κ1) is 15.7. The van der Waals surface area contributed by atoms with Crippen molar-refractivity contribution in [2.75, 3.05) is 6.54 Å². The molecule has 1 nitrogen and oxygen atoms in total. The monoisotopic (exact) mass is 351 g/mol. The van der Waals surface area contributed by atoms with Gasteiger partial charge in [0.15, 0.2) is 0 Å². The zero-order chi connectivity index (χ0) is 14.6. The SMILES string of the molecule is CC(C)(C)NCC(Cc1ccsc1)c1ccc(Br)cc1. The predicted molar refractivity (Wildman–Crippen MR) is 92.7 cm³/mol. The fraction of sp³-hybridized carbons (Fsp3) is 0.412. The van der Waals surface area contributed by atoms with Crippen LogP contribution in [-0.4, -0.2) is 12.1 Å². The minimum absolute atomic E-state index is 0.155. The van der Waals surface area contributed by atoms with E-state index in [9.17, 15) is 0 Å². The van der Waals surface area contributed by atoms with Crippen molar-refractivity contribution in [3.05, 3.63) is 56.7 Å². The molecule has 0 amide bonds. The summed E-state index contributed by atoms with van der Waals surface area (Å²) in [5.41, 5.74) is 2.98. The van der Waals surface area contributed by atoms with Crippen molar-refractivity contribution in [1.29, 1.82) is 0 Å². The molecule has 0 saturated heterocycles. The molecule has 0 aliphatic rings. The minimum Gasteiger partial charge on any atom is -0.311 e. The molecular weight excluding hydrogens is 330 g/mol. The second-order valence-electron chi connectivity index (χ2n) is 6.22. The van der Waals surface area contributed by atoms with Crippen molar-refractivity contribution in [1.82, 2.24) is 5.32 Å². The fourth-order valence-electron chi connectivity index (χ4n) is 2.17. The second-order valence-corrected chi connectivity index (χ2v) is 7.91. The third-order valence-electron chi connectivity index (χ3n) is 3.28. The van der Waals surface area contributed by atoms with E-state index in [1.165, 1.54) is 11.1 Å². The van der Waals surface area contributed by atoms with Gasteiger partial charge in [0.1, 0.15) is 0 Å². The Balaban J connectivity index is 2.12. The number of thiophene rings is 1. The Hall–Kier alpha value is -0.640. The van der Waals surface area contributed by atoms with Crippen LogP contribution in [0, 0.1) is 0 Å². The standard InChI is InChI=1S/C17H22BrNS/c1-17(2,3)19-11-15(10-13-8-9-20-12-13)14-4-6-16(18)7-5-14/h4-9,12,15,19H,10-11H2,1-3H3. The topological polar surface area (TPSA) is 12.0 Å². The molecule has 1 N–H and O–H groups in total. The van der Waals surface area contributed by atoms with Crippen molar-refractivity contribution >= 4 is 27.3 Å². The van der Waals surface area contributed by atoms with Crippen LogP contribution in [-0.2, 0) is 6.42 Å². The van der Waals surface area contributed by atoms with E-state index in [0.717, 1.165) is 17.4 Å². The predicted octanol–water partition coefficient (Wildman–Crippen LogP) is 5.23. The molecule has 20 heavy (non-hydrogen) atoms. The Morgan fingerprint density at radius 1 is 1.15 bits per heavy atom. The number of halogens is 1. The van der Waals surface area contributed by atoms with E-state index >= 15 is 0 Å². The zero-order valence-electron chi connectivity index (χ0n) is 12.3. The highest BCUT2D eigenvalue weighted by atomic mass is 79.9. The van der Waals surface area contributed by atoms with Crippen molar-refractivity contribution in [2.45, 2.75) is 38.6 Å². The van der Waals surface area contributed by atoms with Gasteiger partial charge in [-0.05, 0) is 67.3 Å². The van der Waals surface area contributed by atoms with Gasteiger partial charge in [0.25, 0.3) is 0 Å². The average Bonchev–Trinajstić information content (AvgIpc) is 2.87. The Labute approximate surface area is 134 Å². The van der Waals surface area contributed by atoms with Crippen LogP contribution in [0.25, 0.3) is 0 Å². The molecule has 0 saturated carbocycles. The highest BCUT2D eigenvalue weighted by Crippen LogP contribution is 2.24. The summed E-state index contributed by atoms with van der Waals surface area (Å²) in [4.78, 5) is 0. The number of benzene rings is 1. The van der Waals surface area contributed by atoms with E-state index in [4.69, 9.17) is 0 Å². The van der Waals surface area contributed by atoms with Gasteiger partial charge in [-0.25, -0.2) is 0 Å². The van der Waals surface area contributed by atoms with Crippen LogP contribution in [0.2, 0.25) is 0 Å². The van der Waals surface area contributed by atoms with Gasteiger partial charge in [0.05, 0.1) is 0 Å². The lowest BCUT2D eigenvalue weighted by Crippen LogP contribution is -2.39. The van der Waals surface area contributed by atoms with Crippen molar-refractivity contribution < 1.29 is 0 Å². The van der Waals surface area contributed by atoms with Crippen LogP contribution in [0.3, 0.4) is 0 Å². The first-order valence-electron chi connectivity index (χ1n) is 6.95. The molecule has 108 valence electrons. The van der Waals surface area contributed by atoms with Crippen molar-refractivity contribution in [2.24, 2.45) is 0 Å². The molecule has 0 bridgehead atoms. The Kier molecular flexibility index (Phi) is 5.42. The number of hydrogen-bond acceptors (Lipinski definition) is 2. The summed E-state index contributed by atoms with van der Waals surface area (Å²) in [6.45, 7) is 7.66. The summed E-state index contributed by atoms with van der Waals surface area (Å²) in [5.74, 6) is 0.511. The zero-order valence-corrected chi connectivity index (χ0v) is 14.7. The van der Waals surface area contributed by atoms with Gasteiger partial charge in [-0.2, -0.15) is 11.3 Å². The summed E-state index contributed by atoms with van der Waals surface area (Å²) in [6.07, 6.45) is 1.09. The van der Waals surface area contributed by atoms with Gasteiger partial charge in [-0.1, -0.05) is 28.1 Å². The molecule has 2 rings (SSSR count). The quantitative estimate of drug-likeness (QED) is 0.777. The van der Waals surface area contributed by atoms with E-state index in [2.05, 4.69) is 83.1 Å². The number of nitrogens with one attached hydrogen (secondary N) is 1. The number of hydrogen-bond donors (Lipinski definition) is 1. The molecule has 1 unspecified atom stereocenters. The normalized spacial score (nSPS) is 13.4. The summed E-state index contributed by atoms with van der Waals surface area (Å²) in [6, 6.07) is 10.9. The van der Waals surface area contributed by atoms with E-state index in [-0.39, 0.29) is 5.54 Å². The van der Waals surface area contributed by atoms with E-state index < -0.39 is 0 Å². The lowest BCUT2D eigenvalue weighted by molar-refractivity contribution is 0.405. The van der Waals surface area contributed by atoms with Crippen LogP contribution < -0.4 is 5.32 Å². The molecule has 0 radical (unpaired) electrons. The highest BCUT2D eigenvalue weighted by Gasteiger charge is 2.16. The molecule has 2 aromatic rings. The maximum atomic E-state index is 3.64. The maximum absolute atomic E-state index is 3.64. The first-order valence-corrected chi connectivity index (χ1v) is 8.69. The van der Waals surface area contributed by atoms with Gasteiger partial charge < -0.3 is 5.32 Å². The van der Waals surface area contributed by atoms with Gasteiger partial charge in [-0.3, -0.25) is 0 Å². The van der Waals surface area contributed by atoms with Crippen molar-refractivity contribution in [3.8, 4) is 0 Å². The van der Waals surface area contributed by atoms with E-state index in [1.807, 2.05) is 0 Å². The third kappa shape index (κ3) is 5.04. The summed E-state index contributed by atoms with van der Waals surface area (Å²) in [7, 11) is 0. The fourth-order valence-corrected chi connectivity index (χ4v) is 3.11. The highest BCUT2D eigenvalue weighted by molar-refractivity contribution is 9.10. The molecule has 0 fully saturated rings. The second kappa shape index (κ2) is 6.88. The molecule has 3 heteroatoms. The minimum atomic E-state index is 0.155. The molecule has 0 aliphatic carbocycles. The Morgan fingerprint density at radius 2 is 1.85 bits per heavy atom.